The number of benzene rings is 1. The first kappa shape index (κ1) is 24.6. The van der Waals surface area contributed by atoms with Gasteiger partial charge in [0.2, 0.25) is 6.41 Å². The van der Waals surface area contributed by atoms with Crippen molar-refractivity contribution in [3.8, 4) is 27.5 Å². The quantitative estimate of drug-likeness (QED) is 0.374. The van der Waals surface area contributed by atoms with Crippen LogP contribution in [0.4, 0.5) is 14.9 Å². The molecule has 0 atom stereocenters. The van der Waals surface area contributed by atoms with E-state index in [0.717, 1.165) is 62.7 Å². The number of aryl methyl sites for hydroxylation is 2. The van der Waals surface area contributed by atoms with Crippen LogP contribution in [0.1, 0.15) is 23.2 Å². The van der Waals surface area contributed by atoms with E-state index in [0.29, 0.717) is 17.1 Å². The molecule has 3 heterocycles. The highest BCUT2D eigenvalue weighted by molar-refractivity contribution is 8.13. The van der Waals surface area contributed by atoms with Crippen molar-refractivity contribution in [3.63, 3.8) is 0 Å². The van der Waals surface area contributed by atoms with Gasteiger partial charge in [-0.1, -0.05) is 18.7 Å². The van der Waals surface area contributed by atoms with E-state index in [1.54, 1.807) is 40.5 Å². The molecule has 0 aliphatic heterocycles. The minimum atomic E-state index is -0.458. The molecule has 0 fully saturated rings. The molecule has 5 rings (SSSR count). The maximum absolute atomic E-state index is 15.3. The third-order valence-corrected chi connectivity index (χ3v) is 6.92. The van der Waals surface area contributed by atoms with E-state index in [1.165, 1.54) is 6.07 Å². The summed E-state index contributed by atoms with van der Waals surface area (Å²) in [6.07, 6.45) is 5.36. The standard InChI is InChI=1S/C23H20FN5OS2.CH3NO/c1-3-31-23(30)27-15-6-9-19(17(24)11-15)29-21-16(7-8-18-22(21)32-13(2)26-18)20(28-29)14-5-4-10-25-12-14;2-1-3/h4-6,9-12H,3,7-8H2,1-2H3,(H,27,30);1H,(H2,2,3). The maximum Gasteiger partial charge on any atom is 0.283 e. The average molecular weight is 511 g/mol. The largest absolute Gasteiger partial charge is 0.372 e. The number of pyridine rings is 1. The number of nitrogens with one attached hydrogen (secondary N) is 1. The second-order valence-corrected chi connectivity index (χ2v) is 9.93. The average Bonchev–Trinajstić information content (AvgIpc) is 3.40. The zero-order valence-electron chi connectivity index (χ0n) is 19.1. The molecule has 0 saturated carbocycles. The highest BCUT2D eigenvalue weighted by Gasteiger charge is 2.30. The monoisotopic (exact) mass is 510 g/mol. The molecule has 180 valence electrons. The minimum absolute atomic E-state index is 0.209. The van der Waals surface area contributed by atoms with Crippen LogP contribution in [0.25, 0.3) is 27.5 Å². The second kappa shape index (κ2) is 10.8. The van der Waals surface area contributed by atoms with Gasteiger partial charge < -0.3 is 11.1 Å². The summed E-state index contributed by atoms with van der Waals surface area (Å²) in [5.74, 6) is 0.195. The fourth-order valence-electron chi connectivity index (χ4n) is 3.94. The number of thioether (sulfide) groups is 1. The molecule has 1 aliphatic carbocycles. The molecule has 0 radical (unpaired) electrons. The molecule has 8 nitrogen and oxygen atoms in total. The summed E-state index contributed by atoms with van der Waals surface area (Å²) in [6.45, 7) is 3.88. The second-order valence-electron chi connectivity index (χ2n) is 7.49. The lowest BCUT2D eigenvalue weighted by Crippen LogP contribution is -2.09. The van der Waals surface area contributed by atoms with Crippen molar-refractivity contribution < 1.29 is 14.0 Å². The topological polar surface area (TPSA) is 116 Å². The number of primary amides is 1. The summed E-state index contributed by atoms with van der Waals surface area (Å²) in [6, 6.07) is 8.53. The van der Waals surface area contributed by atoms with Crippen LogP contribution in [0.5, 0.6) is 0 Å². The van der Waals surface area contributed by atoms with Gasteiger partial charge in [-0.2, -0.15) is 5.10 Å². The van der Waals surface area contributed by atoms with Crippen molar-refractivity contribution >= 4 is 40.4 Å². The van der Waals surface area contributed by atoms with E-state index in [9.17, 15) is 4.79 Å². The van der Waals surface area contributed by atoms with E-state index < -0.39 is 5.82 Å². The molecule has 1 aliphatic rings. The predicted molar refractivity (Wildman–Crippen MR) is 137 cm³/mol. The Morgan fingerprint density at radius 3 is 2.83 bits per heavy atom. The van der Waals surface area contributed by atoms with E-state index in [-0.39, 0.29) is 11.6 Å². The Kier molecular flexibility index (Phi) is 7.57. The lowest BCUT2D eigenvalue weighted by atomic mass is 9.95. The van der Waals surface area contributed by atoms with Gasteiger partial charge in [-0.15, -0.1) is 11.3 Å². The number of carbonyl (C=O) groups is 2. The summed E-state index contributed by atoms with van der Waals surface area (Å²) in [5, 5.41) is 8.33. The highest BCUT2D eigenvalue weighted by Crippen LogP contribution is 2.43. The molecular weight excluding hydrogens is 487 g/mol. The summed E-state index contributed by atoms with van der Waals surface area (Å²) < 4.78 is 17.0. The molecular formula is C24H23FN6O2S2. The molecule has 3 aromatic heterocycles. The summed E-state index contributed by atoms with van der Waals surface area (Å²) in [7, 11) is 0. The fourth-order valence-corrected chi connectivity index (χ4v) is 5.41. The van der Waals surface area contributed by atoms with Gasteiger partial charge in [0.05, 0.1) is 27.0 Å². The number of thiazole rings is 1. The van der Waals surface area contributed by atoms with Gasteiger partial charge in [-0.3, -0.25) is 14.6 Å². The number of hydrogen-bond donors (Lipinski definition) is 2. The zero-order valence-corrected chi connectivity index (χ0v) is 20.8. The number of fused-ring (bicyclic) bond motifs is 3. The number of nitrogens with two attached hydrogens (primary N) is 1. The summed E-state index contributed by atoms with van der Waals surface area (Å²) in [4.78, 5) is 30.4. The lowest BCUT2D eigenvalue weighted by Gasteiger charge is -2.15. The van der Waals surface area contributed by atoms with Gasteiger partial charge in [0.25, 0.3) is 5.24 Å². The third-order valence-electron chi connectivity index (χ3n) is 5.25. The Morgan fingerprint density at radius 2 is 2.14 bits per heavy atom. The normalized spacial score (nSPS) is 11.6. The van der Waals surface area contributed by atoms with Gasteiger partial charge in [0.15, 0.2) is 5.82 Å². The summed E-state index contributed by atoms with van der Waals surface area (Å²) >= 11 is 2.75. The maximum atomic E-state index is 15.3. The van der Waals surface area contributed by atoms with Gasteiger partial charge in [-0.25, -0.2) is 14.1 Å². The molecule has 1 aromatic carbocycles. The van der Waals surface area contributed by atoms with Crippen LogP contribution in [0, 0.1) is 12.7 Å². The molecule has 0 bridgehead atoms. The van der Waals surface area contributed by atoms with E-state index in [2.05, 4.69) is 21.0 Å². The Morgan fingerprint density at radius 1 is 1.34 bits per heavy atom. The lowest BCUT2D eigenvalue weighted by molar-refractivity contribution is -0.106. The van der Waals surface area contributed by atoms with Crippen LogP contribution in [0.2, 0.25) is 0 Å². The minimum Gasteiger partial charge on any atom is -0.372 e. The molecule has 3 N–H and O–H groups in total. The fraction of sp³-hybridized carbons (Fsp3) is 0.208. The SMILES string of the molecule is CCSC(=O)Nc1ccc(-n2nc(-c3cccnc3)c3c2-c2sc(C)nc2CC3)c(F)c1.NC=O. The Labute approximate surface area is 209 Å². The number of anilines is 1. The van der Waals surface area contributed by atoms with E-state index in [1.807, 2.05) is 26.0 Å². The van der Waals surface area contributed by atoms with Crippen LogP contribution >= 0.6 is 23.1 Å². The molecule has 0 unspecified atom stereocenters. The van der Waals surface area contributed by atoms with Gasteiger partial charge in [0, 0.05) is 29.2 Å². The van der Waals surface area contributed by atoms with Crippen molar-refractivity contribution in [2.45, 2.75) is 26.7 Å². The summed E-state index contributed by atoms with van der Waals surface area (Å²) in [5.41, 5.74) is 9.60. The van der Waals surface area contributed by atoms with Crippen molar-refractivity contribution in [2.24, 2.45) is 5.73 Å². The number of carbonyl (C=O) groups excluding carboxylic acids is 2. The van der Waals surface area contributed by atoms with Crippen molar-refractivity contribution in [3.05, 3.63) is 64.8 Å². The van der Waals surface area contributed by atoms with E-state index in [4.69, 9.17) is 9.89 Å². The number of rotatable bonds is 4. The number of nitrogens with zero attached hydrogens (tertiary/aromatic N) is 4. The smallest absolute Gasteiger partial charge is 0.283 e. The van der Waals surface area contributed by atoms with Gasteiger partial charge in [0.1, 0.15) is 5.69 Å². The number of hydrogen-bond acceptors (Lipinski definition) is 7. The Balaban J connectivity index is 0.000000917. The van der Waals surface area contributed by atoms with Crippen LogP contribution in [0.15, 0.2) is 42.7 Å². The number of amides is 2. The van der Waals surface area contributed by atoms with Gasteiger partial charge in [-0.05, 0) is 55.9 Å². The van der Waals surface area contributed by atoms with Crippen LogP contribution < -0.4 is 11.1 Å². The Hall–Kier alpha value is -3.57. The molecule has 35 heavy (non-hydrogen) atoms. The van der Waals surface area contributed by atoms with Crippen molar-refractivity contribution in [1.29, 1.82) is 0 Å². The van der Waals surface area contributed by atoms with Crippen LogP contribution in [-0.2, 0) is 17.6 Å². The first-order chi connectivity index (χ1) is 17.0. The Bertz CT molecular complexity index is 1370. The van der Waals surface area contributed by atoms with Crippen LogP contribution in [-0.4, -0.2) is 37.2 Å². The third kappa shape index (κ3) is 5.10. The first-order valence-corrected chi connectivity index (χ1v) is 12.6. The number of aromatic nitrogens is 4. The molecule has 0 saturated heterocycles. The molecule has 11 heteroatoms. The molecule has 0 spiro atoms. The zero-order chi connectivity index (χ0) is 24.9. The number of halogens is 1. The predicted octanol–water partition coefficient (Wildman–Crippen LogP) is 4.99. The first-order valence-electron chi connectivity index (χ1n) is 10.8. The van der Waals surface area contributed by atoms with Crippen LogP contribution in [0.3, 0.4) is 0 Å². The molecule has 4 aromatic rings. The highest BCUT2D eigenvalue weighted by atomic mass is 32.2. The van der Waals surface area contributed by atoms with E-state index >= 15 is 4.39 Å². The molecule has 2 amide bonds. The van der Waals surface area contributed by atoms with Crippen molar-refractivity contribution in [1.82, 2.24) is 19.7 Å². The van der Waals surface area contributed by atoms with Crippen molar-refractivity contribution in [2.75, 3.05) is 11.1 Å². The van der Waals surface area contributed by atoms with Gasteiger partial charge >= 0.3 is 0 Å².